The van der Waals surface area contributed by atoms with Crippen molar-refractivity contribution >= 4 is 16.0 Å². The number of carbonyl (C=O) groups is 1. The molecule has 0 fully saturated rings. The maximum atomic E-state index is 12.1. The van der Waals surface area contributed by atoms with E-state index >= 15 is 0 Å². The molecule has 7 heteroatoms. The number of rotatable bonds is 9. The summed E-state index contributed by atoms with van der Waals surface area (Å²) in [6.07, 6.45) is 2.16. The summed E-state index contributed by atoms with van der Waals surface area (Å²) in [7, 11) is -1.88. The molecule has 0 aliphatic rings. The molecule has 0 amide bonds. The molecular formula is C14H21NO5S. The summed E-state index contributed by atoms with van der Waals surface area (Å²) in [5, 5.41) is 17.5. The van der Waals surface area contributed by atoms with Crippen LogP contribution in [-0.2, 0) is 15.8 Å². The van der Waals surface area contributed by atoms with E-state index < -0.39 is 16.0 Å². The van der Waals surface area contributed by atoms with E-state index in [1.807, 2.05) is 0 Å². The lowest BCUT2D eigenvalue weighted by atomic mass is 10.1. The molecule has 0 unspecified atom stereocenters. The van der Waals surface area contributed by atoms with Gasteiger partial charge < -0.3 is 10.2 Å². The number of nitrogens with zero attached hydrogens (tertiary/aromatic N) is 1. The van der Waals surface area contributed by atoms with Gasteiger partial charge in [0.25, 0.3) is 0 Å². The summed E-state index contributed by atoms with van der Waals surface area (Å²) in [5.74, 6) is -1.19. The molecule has 0 aliphatic carbocycles. The van der Waals surface area contributed by atoms with Crippen molar-refractivity contribution in [3.63, 3.8) is 0 Å². The number of aromatic carboxylic acids is 1. The normalized spacial score (nSPS) is 11.8. The average Bonchev–Trinajstić information content (AvgIpc) is 2.43. The fourth-order valence-electron chi connectivity index (χ4n) is 1.83. The Morgan fingerprint density at radius 2 is 1.76 bits per heavy atom. The summed E-state index contributed by atoms with van der Waals surface area (Å²) in [6, 6.07) is 5.82. The van der Waals surface area contributed by atoms with Crippen molar-refractivity contribution in [1.82, 2.24) is 4.31 Å². The van der Waals surface area contributed by atoms with Crippen LogP contribution in [0.1, 0.15) is 35.2 Å². The second-order valence-electron chi connectivity index (χ2n) is 4.86. The maximum Gasteiger partial charge on any atom is 0.335 e. The Morgan fingerprint density at radius 1 is 1.14 bits per heavy atom. The zero-order chi connectivity index (χ0) is 15.9. The van der Waals surface area contributed by atoms with Crippen molar-refractivity contribution in [2.24, 2.45) is 0 Å². The van der Waals surface area contributed by atoms with Gasteiger partial charge in [-0.1, -0.05) is 12.1 Å². The van der Waals surface area contributed by atoms with E-state index in [2.05, 4.69) is 0 Å². The van der Waals surface area contributed by atoms with Gasteiger partial charge in [-0.15, -0.1) is 0 Å². The molecule has 21 heavy (non-hydrogen) atoms. The van der Waals surface area contributed by atoms with Gasteiger partial charge in [0, 0.05) is 20.2 Å². The molecule has 0 radical (unpaired) electrons. The van der Waals surface area contributed by atoms with Crippen LogP contribution in [0.25, 0.3) is 0 Å². The predicted octanol–water partition coefficient (Wildman–Crippen LogP) is 1.31. The molecular weight excluding hydrogens is 294 g/mol. The summed E-state index contributed by atoms with van der Waals surface area (Å²) in [6.45, 7) is 0.530. The second-order valence-corrected chi connectivity index (χ2v) is 6.94. The third-order valence-corrected chi connectivity index (χ3v) is 4.99. The van der Waals surface area contributed by atoms with Gasteiger partial charge in [0.05, 0.1) is 11.3 Å². The van der Waals surface area contributed by atoms with E-state index in [1.54, 1.807) is 0 Å². The maximum absolute atomic E-state index is 12.1. The van der Waals surface area contributed by atoms with Crippen molar-refractivity contribution in [2.75, 3.05) is 20.2 Å². The minimum Gasteiger partial charge on any atom is -0.478 e. The molecule has 0 saturated heterocycles. The number of unbranched alkanes of at least 4 members (excludes halogenated alkanes) is 2. The predicted molar refractivity (Wildman–Crippen MR) is 79.6 cm³/mol. The van der Waals surface area contributed by atoms with Crippen LogP contribution < -0.4 is 0 Å². The number of sulfonamides is 1. The van der Waals surface area contributed by atoms with Crippen LogP contribution in [0.4, 0.5) is 0 Å². The van der Waals surface area contributed by atoms with Crippen LogP contribution in [0.15, 0.2) is 24.3 Å². The first-order valence-corrected chi connectivity index (χ1v) is 8.35. The van der Waals surface area contributed by atoms with Gasteiger partial charge in [-0.3, -0.25) is 0 Å². The third kappa shape index (κ3) is 5.82. The van der Waals surface area contributed by atoms with Crippen molar-refractivity contribution < 1.29 is 23.4 Å². The largest absolute Gasteiger partial charge is 0.478 e. The van der Waals surface area contributed by atoms with Gasteiger partial charge in [-0.2, -0.15) is 0 Å². The molecule has 1 aromatic carbocycles. The number of hydrogen-bond donors (Lipinski definition) is 2. The van der Waals surface area contributed by atoms with Crippen LogP contribution in [0, 0.1) is 0 Å². The first-order chi connectivity index (χ1) is 9.86. The van der Waals surface area contributed by atoms with Gasteiger partial charge in [0.1, 0.15) is 0 Å². The van der Waals surface area contributed by atoms with E-state index in [1.165, 1.54) is 35.6 Å². The highest BCUT2D eigenvalue weighted by Gasteiger charge is 2.18. The number of hydrogen-bond acceptors (Lipinski definition) is 4. The monoisotopic (exact) mass is 315 g/mol. The Hall–Kier alpha value is -1.44. The Bertz CT molecular complexity index is 553. The molecule has 0 aliphatic heterocycles. The molecule has 0 aromatic heterocycles. The van der Waals surface area contributed by atoms with Crippen molar-refractivity contribution in [1.29, 1.82) is 0 Å². The van der Waals surface area contributed by atoms with Gasteiger partial charge in [-0.05, 0) is 37.0 Å². The molecule has 1 rings (SSSR count). The SMILES string of the molecule is CN(CCCCCO)S(=O)(=O)Cc1ccc(C(=O)O)cc1. The summed E-state index contributed by atoms with van der Waals surface area (Å²) in [4.78, 5) is 10.7. The quantitative estimate of drug-likeness (QED) is 0.670. The molecule has 0 bridgehead atoms. The van der Waals surface area contributed by atoms with Gasteiger partial charge in [0.2, 0.25) is 10.0 Å². The van der Waals surface area contributed by atoms with E-state index in [4.69, 9.17) is 10.2 Å². The van der Waals surface area contributed by atoms with Crippen LogP contribution in [0.5, 0.6) is 0 Å². The number of carboxylic acids is 1. The molecule has 0 heterocycles. The zero-order valence-electron chi connectivity index (χ0n) is 12.0. The lowest BCUT2D eigenvalue weighted by Crippen LogP contribution is -2.29. The summed E-state index contributed by atoms with van der Waals surface area (Å²) >= 11 is 0. The highest BCUT2D eigenvalue weighted by atomic mass is 32.2. The Kier molecular flexibility index (Phi) is 6.80. The topological polar surface area (TPSA) is 94.9 Å². The minimum absolute atomic E-state index is 0.117. The van der Waals surface area contributed by atoms with Crippen LogP contribution in [0.2, 0.25) is 0 Å². The standard InChI is InChI=1S/C14H21NO5S/c1-15(9-3-2-4-10-16)21(19,20)11-12-5-7-13(8-6-12)14(17)18/h5-8,16H,2-4,9-11H2,1H3,(H,17,18). The minimum atomic E-state index is -3.41. The van der Waals surface area contributed by atoms with Gasteiger partial charge >= 0.3 is 5.97 Å². The second kappa shape index (κ2) is 8.11. The Balaban J connectivity index is 2.60. The fraction of sp³-hybridized carbons (Fsp3) is 0.500. The van der Waals surface area contributed by atoms with E-state index in [0.717, 1.165) is 6.42 Å². The highest BCUT2D eigenvalue weighted by Crippen LogP contribution is 2.12. The zero-order valence-corrected chi connectivity index (χ0v) is 12.8. The molecule has 2 N–H and O–H groups in total. The molecule has 6 nitrogen and oxygen atoms in total. The van der Waals surface area contributed by atoms with Crippen molar-refractivity contribution in [3.8, 4) is 0 Å². The molecule has 0 atom stereocenters. The Labute approximate surface area is 125 Å². The van der Waals surface area contributed by atoms with Crippen molar-refractivity contribution in [2.45, 2.75) is 25.0 Å². The number of benzene rings is 1. The van der Waals surface area contributed by atoms with Crippen LogP contribution in [0.3, 0.4) is 0 Å². The molecule has 1 aromatic rings. The number of aliphatic hydroxyl groups excluding tert-OH is 1. The summed E-state index contributed by atoms with van der Waals surface area (Å²) < 4.78 is 25.6. The molecule has 0 saturated carbocycles. The Morgan fingerprint density at radius 3 is 2.29 bits per heavy atom. The van der Waals surface area contributed by atoms with Crippen molar-refractivity contribution in [3.05, 3.63) is 35.4 Å². The third-order valence-electron chi connectivity index (χ3n) is 3.16. The molecule has 0 spiro atoms. The van der Waals surface area contributed by atoms with Gasteiger partial charge in [-0.25, -0.2) is 17.5 Å². The van der Waals surface area contributed by atoms with Crippen LogP contribution in [-0.4, -0.2) is 49.1 Å². The highest BCUT2D eigenvalue weighted by molar-refractivity contribution is 7.88. The molecule has 118 valence electrons. The summed E-state index contributed by atoms with van der Waals surface area (Å²) in [5.41, 5.74) is 0.690. The lowest BCUT2D eigenvalue weighted by molar-refractivity contribution is 0.0697. The lowest BCUT2D eigenvalue weighted by Gasteiger charge is -2.17. The van der Waals surface area contributed by atoms with Gasteiger partial charge in [0.15, 0.2) is 0 Å². The fourth-order valence-corrected chi connectivity index (χ4v) is 3.07. The van der Waals surface area contributed by atoms with E-state index in [-0.39, 0.29) is 17.9 Å². The van der Waals surface area contributed by atoms with E-state index in [0.29, 0.717) is 24.9 Å². The number of carboxylic acid groups (broad SMARTS) is 1. The first kappa shape index (κ1) is 17.6. The van der Waals surface area contributed by atoms with Crippen LogP contribution >= 0.6 is 0 Å². The smallest absolute Gasteiger partial charge is 0.335 e. The first-order valence-electron chi connectivity index (χ1n) is 6.74. The average molecular weight is 315 g/mol. The number of aliphatic hydroxyl groups is 1. The van der Waals surface area contributed by atoms with E-state index in [9.17, 15) is 13.2 Å².